The van der Waals surface area contributed by atoms with Crippen molar-refractivity contribution in [3.05, 3.63) is 54.0 Å². The summed E-state index contributed by atoms with van der Waals surface area (Å²) in [6, 6.07) is 8.32. The predicted octanol–water partition coefficient (Wildman–Crippen LogP) is 2.71. The molecule has 0 unspecified atom stereocenters. The summed E-state index contributed by atoms with van der Waals surface area (Å²) in [7, 11) is 0. The molecular weight excluding hydrogens is 225 g/mol. The van der Waals surface area contributed by atoms with Crippen LogP contribution in [0.25, 0.3) is 0 Å². The summed E-state index contributed by atoms with van der Waals surface area (Å²) in [6.07, 6.45) is 1.41. The van der Waals surface area contributed by atoms with Crippen molar-refractivity contribution in [3.8, 4) is 11.6 Å². The Morgan fingerprint density at radius 2 is 1.94 bits per heavy atom. The van der Waals surface area contributed by atoms with Crippen molar-refractivity contribution in [3.63, 3.8) is 0 Å². The highest BCUT2D eigenvalue weighted by Crippen LogP contribution is 2.21. The third-order valence-corrected chi connectivity index (χ3v) is 2.04. The second-order valence-electron chi connectivity index (χ2n) is 3.22. The van der Waals surface area contributed by atoms with Gasteiger partial charge in [0.2, 0.25) is 0 Å². The van der Waals surface area contributed by atoms with E-state index in [1.54, 1.807) is 0 Å². The Hall–Kier alpha value is -2.43. The maximum absolute atomic E-state index is 13.2. The zero-order valence-electron chi connectivity index (χ0n) is 8.63. The molecule has 5 heteroatoms. The lowest BCUT2D eigenvalue weighted by Gasteiger charge is -2.05. The Bertz CT molecular complexity index is 540. The molecule has 1 heterocycles. The van der Waals surface area contributed by atoms with Gasteiger partial charge in [-0.2, -0.15) is 0 Å². The van der Waals surface area contributed by atoms with Gasteiger partial charge in [-0.25, -0.2) is 14.2 Å². The summed E-state index contributed by atoms with van der Waals surface area (Å²) in [6.45, 7) is 0. The molecule has 0 atom stereocenters. The quantitative estimate of drug-likeness (QED) is 0.885. The minimum Gasteiger partial charge on any atom is -0.478 e. The zero-order chi connectivity index (χ0) is 12.3. The molecule has 0 radical (unpaired) electrons. The second kappa shape index (κ2) is 4.61. The third kappa shape index (κ3) is 2.57. The number of carboxylic acid groups (broad SMARTS) is 1. The number of ether oxygens (including phenoxy) is 1. The van der Waals surface area contributed by atoms with Crippen molar-refractivity contribution < 1.29 is 19.0 Å². The van der Waals surface area contributed by atoms with Crippen LogP contribution in [0, 0.1) is 5.82 Å². The Balaban J connectivity index is 2.20. The molecular formula is C12H8FNO3. The molecule has 0 saturated carbocycles. The molecule has 1 aromatic carbocycles. The van der Waals surface area contributed by atoms with Gasteiger partial charge in [0.1, 0.15) is 5.75 Å². The number of carbonyl (C=O) groups is 1. The van der Waals surface area contributed by atoms with Crippen LogP contribution in [0.4, 0.5) is 4.39 Å². The average Bonchev–Trinajstić information content (AvgIpc) is 2.33. The minimum absolute atomic E-state index is 0.138. The average molecular weight is 233 g/mol. The van der Waals surface area contributed by atoms with Crippen LogP contribution in [0.5, 0.6) is 11.6 Å². The summed E-state index contributed by atoms with van der Waals surface area (Å²) in [5.41, 5.74) is 0.138. The summed E-state index contributed by atoms with van der Waals surface area (Å²) in [5.74, 6) is -1.42. The number of hydrogen-bond acceptors (Lipinski definition) is 3. The van der Waals surface area contributed by atoms with Crippen molar-refractivity contribution in [2.24, 2.45) is 0 Å². The van der Waals surface area contributed by atoms with Crippen molar-refractivity contribution in [1.82, 2.24) is 4.98 Å². The van der Waals surface area contributed by atoms with Gasteiger partial charge >= 0.3 is 5.97 Å². The number of halogens is 1. The first-order valence-electron chi connectivity index (χ1n) is 4.78. The van der Waals surface area contributed by atoms with Crippen molar-refractivity contribution in [1.29, 1.82) is 0 Å². The van der Waals surface area contributed by atoms with Gasteiger partial charge in [0, 0.05) is 6.20 Å². The molecule has 17 heavy (non-hydrogen) atoms. The number of carboxylic acids is 1. The maximum atomic E-state index is 13.2. The number of aromatic nitrogens is 1. The molecule has 0 aliphatic rings. The molecule has 2 rings (SSSR count). The van der Waals surface area contributed by atoms with Crippen molar-refractivity contribution >= 4 is 5.97 Å². The number of nitrogens with zero attached hydrogens (tertiary/aromatic N) is 1. The molecule has 0 fully saturated rings. The topological polar surface area (TPSA) is 59.4 Å². The molecule has 0 saturated heterocycles. The van der Waals surface area contributed by atoms with Crippen LogP contribution in [-0.2, 0) is 0 Å². The first-order chi connectivity index (χ1) is 8.16. The highest BCUT2D eigenvalue weighted by Gasteiger charge is 2.06. The van der Waals surface area contributed by atoms with E-state index in [1.165, 1.54) is 42.6 Å². The van der Waals surface area contributed by atoms with Gasteiger partial charge in [-0.1, -0.05) is 0 Å². The summed E-state index contributed by atoms with van der Waals surface area (Å²) in [5, 5.41) is 8.70. The largest absolute Gasteiger partial charge is 0.478 e. The Morgan fingerprint density at radius 3 is 2.53 bits per heavy atom. The first kappa shape index (κ1) is 11.1. The van der Waals surface area contributed by atoms with Crippen molar-refractivity contribution in [2.45, 2.75) is 0 Å². The fourth-order valence-corrected chi connectivity index (χ4v) is 1.22. The lowest BCUT2D eigenvalue weighted by atomic mass is 10.2. The van der Waals surface area contributed by atoms with Gasteiger partial charge in [-0.15, -0.1) is 0 Å². The number of pyridine rings is 1. The van der Waals surface area contributed by atoms with Crippen molar-refractivity contribution in [2.75, 3.05) is 0 Å². The van der Waals surface area contributed by atoms with Crippen LogP contribution < -0.4 is 4.74 Å². The third-order valence-electron chi connectivity index (χ3n) is 2.04. The van der Waals surface area contributed by atoms with Crippen LogP contribution in [0.15, 0.2) is 42.6 Å². The number of hydrogen-bond donors (Lipinski definition) is 1. The fourth-order valence-electron chi connectivity index (χ4n) is 1.22. The molecule has 2 aromatic rings. The fraction of sp³-hybridized carbons (Fsp3) is 0. The number of rotatable bonds is 3. The normalized spacial score (nSPS) is 9.94. The molecule has 0 bridgehead atoms. The van der Waals surface area contributed by atoms with Gasteiger partial charge in [-0.05, 0) is 36.4 Å². The Kier molecular flexibility index (Phi) is 3.00. The Morgan fingerprint density at radius 1 is 1.24 bits per heavy atom. The minimum atomic E-state index is -1.03. The van der Waals surface area contributed by atoms with E-state index in [-0.39, 0.29) is 11.4 Å². The predicted molar refractivity (Wildman–Crippen MR) is 57.7 cm³/mol. The van der Waals surface area contributed by atoms with Gasteiger partial charge in [0.05, 0.1) is 5.56 Å². The standard InChI is InChI=1S/C12H8FNO3/c13-10-2-1-7-14-11(10)17-9-5-3-8(4-6-9)12(15)16/h1-7H,(H,15,16). The van der Waals surface area contributed by atoms with E-state index in [2.05, 4.69) is 4.98 Å². The monoisotopic (exact) mass is 233 g/mol. The van der Waals surface area contributed by atoms with Crippen LogP contribution >= 0.6 is 0 Å². The first-order valence-corrected chi connectivity index (χ1v) is 4.78. The van der Waals surface area contributed by atoms with Crippen LogP contribution in [-0.4, -0.2) is 16.1 Å². The van der Waals surface area contributed by atoms with E-state index in [0.717, 1.165) is 0 Å². The molecule has 1 N–H and O–H groups in total. The maximum Gasteiger partial charge on any atom is 0.335 e. The number of aromatic carboxylic acids is 1. The second-order valence-corrected chi connectivity index (χ2v) is 3.22. The summed E-state index contributed by atoms with van der Waals surface area (Å²) < 4.78 is 18.4. The van der Waals surface area contributed by atoms with Gasteiger partial charge in [0.25, 0.3) is 5.88 Å². The van der Waals surface area contributed by atoms with E-state index in [0.29, 0.717) is 5.75 Å². The highest BCUT2D eigenvalue weighted by atomic mass is 19.1. The lowest BCUT2D eigenvalue weighted by Crippen LogP contribution is -1.96. The summed E-state index contributed by atoms with van der Waals surface area (Å²) in [4.78, 5) is 14.3. The van der Waals surface area contributed by atoms with Crippen LogP contribution in [0.2, 0.25) is 0 Å². The molecule has 0 aliphatic carbocycles. The van der Waals surface area contributed by atoms with E-state index in [4.69, 9.17) is 9.84 Å². The van der Waals surface area contributed by atoms with Crippen LogP contribution in [0.1, 0.15) is 10.4 Å². The van der Waals surface area contributed by atoms with Gasteiger partial charge < -0.3 is 9.84 Å². The van der Waals surface area contributed by atoms with E-state index in [1.807, 2.05) is 0 Å². The SMILES string of the molecule is O=C(O)c1ccc(Oc2ncccc2F)cc1. The van der Waals surface area contributed by atoms with Gasteiger partial charge in [0.15, 0.2) is 5.82 Å². The molecule has 0 aliphatic heterocycles. The number of benzene rings is 1. The summed E-state index contributed by atoms with van der Waals surface area (Å²) >= 11 is 0. The zero-order valence-corrected chi connectivity index (χ0v) is 8.63. The highest BCUT2D eigenvalue weighted by molar-refractivity contribution is 5.87. The molecule has 0 spiro atoms. The smallest absolute Gasteiger partial charge is 0.335 e. The van der Waals surface area contributed by atoms with Crippen LogP contribution in [0.3, 0.4) is 0 Å². The Labute approximate surface area is 96.3 Å². The molecule has 86 valence electrons. The molecule has 4 nitrogen and oxygen atoms in total. The van der Waals surface area contributed by atoms with E-state index in [9.17, 15) is 9.18 Å². The van der Waals surface area contributed by atoms with Gasteiger partial charge in [-0.3, -0.25) is 0 Å². The molecule has 1 aromatic heterocycles. The lowest BCUT2D eigenvalue weighted by molar-refractivity contribution is 0.0697. The molecule has 0 amide bonds. The van der Waals surface area contributed by atoms with E-state index < -0.39 is 11.8 Å². The van der Waals surface area contributed by atoms with E-state index >= 15 is 0 Å².